The van der Waals surface area contributed by atoms with Crippen molar-refractivity contribution in [1.29, 1.82) is 0 Å². The molecule has 1 amide bonds. The number of nitrogens with zero attached hydrogens (tertiary/aromatic N) is 2. The molecule has 0 aromatic heterocycles. The monoisotopic (exact) mass is 283 g/mol. The number of hydrogen-bond donors (Lipinski definition) is 1. The Bertz CT molecular complexity index is 359. The van der Waals surface area contributed by atoms with Crippen LogP contribution in [0.25, 0.3) is 0 Å². The van der Waals surface area contributed by atoms with Gasteiger partial charge in [0.15, 0.2) is 0 Å². The molecule has 0 bridgehead atoms. The number of likely N-dealkylation sites (tertiary alicyclic amines) is 1. The molecule has 0 saturated carbocycles. The predicted octanol–water partition coefficient (Wildman–Crippen LogP) is 1.81. The Morgan fingerprint density at radius 1 is 1.30 bits per heavy atom. The first kappa shape index (κ1) is 15.6. The molecule has 0 aromatic carbocycles. The van der Waals surface area contributed by atoms with Gasteiger partial charge in [-0.05, 0) is 47.5 Å². The zero-order chi connectivity index (χ0) is 15.1. The smallest absolute Gasteiger partial charge is 0.410 e. The van der Waals surface area contributed by atoms with Crippen molar-refractivity contribution in [3.63, 3.8) is 0 Å². The van der Waals surface area contributed by atoms with E-state index in [0.29, 0.717) is 12.1 Å². The fraction of sp³-hybridized carbons (Fsp3) is 0.933. The lowest BCUT2D eigenvalue weighted by Gasteiger charge is -2.40. The quantitative estimate of drug-likeness (QED) is 0.785. The molecule has 2 aliphatic heterocycles. The topological polar surface area (TPSA) is 58.6 Å². The first-order chi connectivity index (χ1) is 9.20. The number of hydrogen-bond acceptors (Lipinski definition) is 4. The number of carbonyl (C=O) groups excluding carboxylic acids is 1. The molecule has 5 heteroatoms. The van der Waals surface area contributed by atoms with Gasteiger partial charge in [-0.15, -0.1) is 0 Å². The van der Waals surface area contributed by atoms with Crippen LogP contribution in [0.1, 0.15) is 47.5 Å². The van der Waals surface area contributed by atoms with E-state index in [9.17, 15) is 4.79 Å². The van der Waals surface area contributed by atoms with Crippen LogP contribution in [-0.4, -0.2) is 58.8 Å². The summed E-state index contributed by atoms with van der Waals surface area (Å²) in [6, 6.07) is 1.33. The van der Waals surface area contributed by atoms with Crippen molar-refractivity contribution in [2.24, 2.45) is 5.73 Å². The van der Waals surface area contributed by atoms with E-state index < -0.39 is 5.60 Å². The summed E-state index contributed by atoms with van der Waals surface area (Å²) in [6.45, 7) is 11.8. The van der Waals surface area contributed by atoms with Crippen molar-refractivity contribution < 1.29 is 9.53 Å². The van der Waals surface area contributed by atoms with E-state index in [1.807, 2.05) is 25.7 Å². The summed E-state index contributed by atoms with van der Waals surface area (Å²) in [4.78, 5) is 16.6. The Labute approximate surface area is 122 Å². The van der Waals surface area contributed by atoms with E-state index in [4.69, 9.17) is 10.5 Å². The highest BCUT2D eigenvalue weighted by Crippen LogP contribution is 2.30. The van der Waals surface area contributed by atoms with Crippen molar-refractivity contribution in [2.45, 2.75) is 77.2 Å². The van der Waals surface area contributed by atoms with Gasteiger partial charge in [-0.25, -0.2) is 4.79 Å². The Kier molecular flexibility index (Phi) is 4.30. The number of nitrogens with two attached hydrogens (primary N) is 1. The summed E-state index contributed by atoms with van der Waals surface area (Å²) in [5.41, 5.74) is 5.81. The second-order valence-electron chi connectivity index (χ2n) is 7.23. The third-order valence-corrected chi connectivity index (χ3v) is 4.51. The zero-order valence-electron chi connectivity index (χ0n) is 13.4. The molecule has 0 radical (unpaired) electrons. The third kappa shape index (κ3) is 3.44. The van der Waals surface area contributed by atoms with Crippen LogP contribution >= 0.6 is 0 Å². The highest BCUT2D eigenvalue weighted by molar-refractivity contribution is 5.69. The van der Waals surface area contributed by atoms with Gasteiger partial charge in [0, 0.05) is 31.2 Å². The molecule has 20 heavy (non-hydrogen) atoms. The largest absolute Gasteiger partial charge is 0.444 e. The molecule has 0 aromatic rings. The van der Waals surface area contributed by atoms with Crippen molar-refractivity contribution in [3.05, 3.63) is 0 Å². The van der Waals surface area contributed by atoms with Crippen molar-refractivity contribution in [2.75, 3.05) is 13.1 Å². The first-order valence-electron chi connectivity index (χ1n) is 7.71. The molecule has 5 nitrogen and oxygen atoms in total. The van der Waals surface area contributed by atoms with Crippen LogP contribution < -0.4 is 5.73 Å². The highest BCUT2D eigenvalue weighted by Gasteiger charge is 2.44. The molecule has 0 spiro atoms. The fourth-order valence-corrected chi connectivity index (χ4v) is 3.00. The maximum Gasteiger partial charge on any atom is 0.410 e. The van der Waals surface area contributed by atoms with Crippen LogP contribution in [0.4, 0.5) is 4.79 Å². The third-order valence-electron chi connectivity index (χ3n) is 4.51. The minimum Gasteiger partial charge on any atom is -0.444 e. The normalized spacial score (nSPS) is 37.7. The lowest BCUT2D eigenvalue weighted by Crippen LogP contribution is -2.58. The molecule has 2 fully saturated rings. The second kappa shape index (κ2) is 5.53. The van der Waals surface area contributed by atoms with Crippen LogP contribution in [0.3, 0.4) is 0 Å². The van der Waals surface area contributed by atoms with E-state index >= 15 is 0 Å². The standard InChI is InChI=1S/C15H29N3O2/c1-10-11(2)18(10)9-13-12(16)7-6-8-17(13)14(19)20-15(3,4)5/h10-13H,6-9,16H2,1-5H3. The lowest BCUT2D eigenvalue weighted by atomic mass is 9.97. The summed E-state index contributed by atoms with van der Waals surface area (Å²) in [6.07, 6.45) is 1.72. The minimum absolute atomic E-state index is 0.0521. The molecule has 0 aliphatic carbocycles. The predicted molar refractivity (Wildman–Crippen MR) is 79.6 cm³/mol. The van der Waals surface area contributed by atoms with Gasteiger partial charge in [0.1, 0.15) is 5.60 Å². The Balaban J connectivity index is 2.02. The van der Waals surface area contributed by atoms with Crippen LogP contribution in [0, 0.1) is 0 Å². The highest BCUT2D eigenvalue weighted by atomic mass is 16.6. The molecule has 4 unspecified atom stereocenters. The molecule has 116 valence electrons. The Morgan fingerprint density at radius 2 is 1.90 bits per heavy atom. The lowest BCUT2D eigenvalue weighted by molar-refractivity contribution is 0.00471. The van der Waals surface area contributed by atoms with Gasteiger partial charge in [0.2, 0.25) is 0 Å². The summed E-state index contributed by atoms with van der Waals surface area (Å²) >= 11 is 0. The summed E-state index contributed by atoms with van der Waals surface area (Å²) in [7, 11) is 0. The average Bonchev–Trinajstić information content (AvgIpc) is 2.87. The number of piperidine rings is 1. The second-order valence-corrected chi connectivity index (χ2v) is 7.23. The van der Waals surface area contributed by atoms with Crippen molar-refractivity contribution in [3.8, 4) is 0 Å². The van der Waals surface area contributed by atoms with E-state index in [-0.39, 0.29) is 18.2 Å². The van der Waals surface area contributed by atoms with Crippen molar-refractivity contribution >= 4 is 6.09 Å². The molecule has 2 saturated heterocycles. The summed E-state index contributed by atoms with van der Waals surface area (Å²) in [5, 5.41) is 0. The van der Waals surface area contributed by atoms with Gasteiger partial charge in [-0.1, -0.05) is 0 Å². The molecular weight excluding hydrogens is 254 g/mol. The molecule has 4 atom stereocenters. The van der Waals surface area contributed by atoms with Gasteiger partial charge in [0.25, 0.3) is 0 Å². The molecular formula is C15H29N3O2. The number of carbonyl (C=O) groups is 1. The van der Waals surface area contributed by atoms with E-state index in [1.165, 1.54) is 0 Å². The van der Waals surface area contributed by atoms with Crippen LogP contribution in [-0.2, 0) is 4.74 Å². The SMILES string of the molecule is CC1C(C)N1CC1C(N)CCCN1C(=O)OC(C)(C)C. The van der Waals surface area contributed by atoms with E-state index in [2.05, 4.69) is 18.7 Å². The minimum atomic E-state index is -0.455. The van der Waals surface area contributed by atoms with Gasteiger partial charge in [0.05, 0.1) is 6.04 Å². The average molecular weight is 283 g/mol. The molecule has 2 N–H and O–H groups in total. The van der Waals surface area contributed by atoms with Crippen LogP contribution in [0.5, 0.6) is 0 Å². The Hall–Kier alpha value is -0.810. The van der Waals surface area contributed by atoms with Gasteiger partial charge < -0.3 is 15.4 Å². The van der Waals surface area contributed by atoms with Gasteiger partial charge >= 0.3 is 6.09 Å². The Morgan fingerprint density at radius 3 is 2.40 bits per heavy atom. The fourth-order valence-electron chi connectivity index (χ4n) is 3.00. The summed E-state index contributed by atoms with van der Waals surface area (Å²) in [5.74, 6) is 0. The molecule has 2 rings (SSSR count). The maximum atomic E-state index is 12.4. The van der Waals surface area contributed by atoms with E-state index in [1.54, 1.807) is 0 Å². The van der Waals surface area contributed by atoms with Gasteiger partial charge in [-0.2, -0.15) is 0 Å². The van der Waals surface area contributed by atoms with Gasteiger partial charge in [-0.3, -0.25) is 4.90 Å². The number of ether oxygens (including phenoxy) is 1. The van der Waals surface area contributed by atoms with E-state index in [0.717, 1.165) is 25.9 Å². The number of amides is 1. The number of rotatable bonds is 2. The molecule has 2 aliphatic rings. The first-order valence-corrected chi connectivity index (χ1v) is 7.71. The zero-order valence-corrected chi connectivity index (χ0v) is 13.4. The molecule has 2 heterocycles. The van der Waals surface area contributed by atoms with Crippen LogP contribution in [0.2, 0.25) is 0 Å². The summed E-state index contributed by atoms with van der Waals surface area (Å²) < 4.78 is 5.52. The maximum absolute atomic E-state index is 12.4. The van der Waals surface area contributed by atoms with Crippen molar-refractivity contribution in [1.82, 2.24) is 9.80 Å². The van der Waals surface area contributed by atoms with Crippen LogP contribution in [0.15, 0.2) is 0 Å².